The van der Waals surface area contributed by atoms with E-state index in [2.05, 4.69) is 43.0 Å². The van der Waals surface area contributed by atoms with Crippen molar-refractivity contribution >= 4 is 11.6 Å². The molecule has 0 unspecified atom stereocenters. The van der Waals surface area contributed by atoms with Crippen molar-refractivity contribution in [2.45, 2.75) is 26.2 Å². The molecule has 1 N–H and O–H groups in total. The highest BCUT2D eigenvalue weighted by Crippen LogP contribution is 2.21. The lowest BCUT2D eigenvalue weighted by Gasteiger charge is -2.24. The molecule has 1 aromatic carbocycles. The maximum absolute atomic E-state index is 11.5. The Morgan fingerprint density at radius 2 is 1.85 bits per heavy atom. The van der Waals surface area contributed by atoms with Crippen molar-refractivity contribution in [2.75, 3.05) is 37.7 Å². The van der Waals surface area contributed by atoms with E-state index in [-0.39, 0.29) is 12.5 Å². The quantitative estimate of drug-likeness (QED) is 0.916. The number of hydrogen-bond donors (Lipinski definition) is 1. The van der Waals surface area contributed by atoms with Crippen molar-refractivity contribution in [3.63, 3.8) is 0 Å². The number of benzene rings is 1. The van der Waals surface area contributed by atoms with Crippen LogP contribution in [0.25, 0.3) is 0 Å². The second kappa shape index (κ2) is 6.75. The van der Waals surface area contributed by atoms with Gasteiger partial charge in [-0.2, -0.15) is 0 Å². The summed E-state index contributed by atoms with van der Waals surface area (Å²) in [6.07, 6.45) is 0.942. The minimum Gasteiger partial charge on any atom is -0.387 e. The first-order valence-electron chi connectivity index (χ1n) is 7.35. The minimum absolute atomic E-state index is 0.165. The lowest BCUT2D eigenvalue weighted by Crippen LogP contribution is -2.36. The predicted octanol–water partition coefficient (Wildman–Crippen LogP) is 1.84. The molecule has 1 saturated heterocycles. The van der Waals surface area contributed by atoms with Gasteiger partial charge in [0.1, 0.15) is 6.61 Å². The highest BCUT2D eigenvalue weighted by molar-refractivity contribution is 5.77. The van der Waals surface area contributed by atoms with Crippen LogP contribution >= 0.6 is 0 Å². The minimum atomic E-state index is -0.386. The molecule has 4 heteroatoms. The standard InChI is InChI=1S/C16H24N2O2/c1-13(2)14-4-6-15(7-5-14)17-8-3-9-18(11-10-17)16(20)12-19/h4-7,13,19H,3,8-12H2,1-2H3. The highest BCUT2D eigenvalue weighted by Gasteiger charge is 2.18. The van der Waals surface area contributed by atoms with Gasteiger partial charge in [-0.15, -0.1) is 0 Å². The Hall–Kier alpha value is -1.55. The van der Waals surface area contributed by atoms with Crippen molar-refractivity contribution in [1.82, 2.24) is 4.90 Å². The van der Waals surface area contributed by atoms with Crippen LogP contribution in [0.4, 0.5) is 5.69 Å². The fourth-order valence-corrected chi connectivity index (χ4v) is 2.60. The zero-order chi connectivity index (χ0) is 14.5. The van der Waals surface area contributed by atoms with E-state index in [0.29, 0.717) is 12.5 Å². The molecule has 0 spiro atoms. The van der Waals surface area contributed by atoms with Gasteiger partial charge >= 0.3 is 0 Å². The molecule has 0 bridgehead atoms. The van der Waals surface area contributed by atoms with Crippen molar-refractivity contribution < 1.29 is 9.90 Å². The molecular formula is C16H24N2O2. The van der Waals surface area contributed by atoms with Gasteiger partial charge in [-0.1, -0.05) is 26.0 Å². The first kappa shape index (κ1) is 14.9. The van der Waals surface area contributed by atoms with E-state index in [1.54, 1.807) is 4.90 Å². The summed E-state index contributed by atoms with van der Waals surface area (Å²) in [6, 6.07) is 8.70. The monoisotopic (exact) mass is 276 g/mol. The zero-order valence-corrected chi connectivity index (χ0v) is 12.4. The van der Waals surface area contributed by atoms with Gasteiger partial charge in [0.15, 0.2) is 0 Å². The molecule has 1 amide bonds. The summed E-state index contributed by atoms with van der Waals surface area (Å²) >= 11 is 0. The van der Waals surface area contributed by atoms with E-state index < -0.39 is 0 Å². The van der Waals surface area contributed by atoms with E-state index in [1.165, 1.54) is 11.3 Å². The van der Waals surface area contributed by atoms with E-state index >= 15 is 0 Å². The van der Waals surface area contributed by atoms with Crippen molar-refractivity contribution in [2.24, 2.45) is 0 Å². The third-order valence-electron chi connectivity index (χ3n) is 3.91. The number of aliphatic hydroxyl groups excluding tert-OH is 1. The van der Waals surface area contributed by atoms with Gasteiger partial charge in [0.25, 0.3) is 0 Å². The molecule has 1 aliphatic rings. The molecule has 1 aliphatic heterocycles. The van der Waals surface area contributed by atoms with E-state index in [0.717, 1.165) is 26.1 Å². The van der Waals surface area contributed by atoms with Gasteiger partial charge in [-0.3, -0.25) is 4.79 Å². The number of hydrogen-bond acceptors (Lipinski definition) is 3. The molecule has 110 valence electrons. The molecule has 2 rings (SSSR count). The van der Waals surface area contributed by atoms with E-state index in [9.17, 15) is 4.79 Å². The van der Waals surface area contributed by atoms with Gasteiger partial charge in [0, 0.05) is 31.9 Å². The molecule has 0 aliphatic carbocycles. The Kier molecular flexibility index (Phi) is 5.01. The summed E-state index contributed by atoms with van der Waals surface area (Å²) in [7, 11) is 0. The number of rotatable bonds is 3. The van der Waals surface area contributed by atoms with Gasteiger partial charge in [-0.05, 0) is 30.0 Å². The lowest BCUT2D eigenvalue weighted by molar-refractivity contribution is -0.133. The number of carbonyl (C=O) groups excluding carboxylic acids is 1. The average molecular weight is 276 g/mol. The van der Waals surface area contributed by atoms with Crippen LogP contribution in [0.1, 0.15) is 31.7 Å². The highest BCUT2D eigenvalue weighted by atomic mass is 16.3. The molecule has 1 heterocycles. The van der Waals surface area contributed by atoms with Crippen LogP contribution in [-0.4, -0.2) is 48.7 Å². The van der Waals surface area contributed by atoms with Crippen LogP contribution in [0.5, 0.6) is 0 Å². The third kappa shape index (κ3) is 3.51. The van der Waals surface area contributed by atoms with Crippen LogP contribution in [0, 0.1) is 0 Å². The van der Waals surface area contributed by atoms with Crippen LogP contribution in [0.2, 0.25) is 0 Å². The van der Waals surface area contributed by atoms with Crippen molar-refractivity contribution in [3.8, 4) is 0 Å². The third-order valence-corrected chi connectivity index (χ3v) is 3.91. The van der Waals surface area contributed by atoms with Crippen molar-refractivity contribution in [3.05, 3.63) is 29.8 Å². The smallest absolute Gasteiger partial charge is 0.248 e. The molecule has 1 aromatic rings. The number of aliphatic hydroxyl groups is 1. The first-order valence-corrected chi connectivity index (χ1v) is 7.35. The number of carbonyl (C=O) groups is 1. The molecule has 0 atom stereocenters. The van der Waals surface area contributed by atoms with E-state index in [4.69, 9.17) is 5.11 Å². The van der Waals surface area contributed by atoms with Crippen LogP contribution in [0.15, 0.2) is 24.3 Å². The van der Waals surface area contributed by atoms with Crippen LogP contribution in [-0.2, 0) is 4.79 Å². The average Bonchev–Trinajstić information content (AvgIpc) is 2.72. The lowest BCUT2D eigenvalue weighted by atomic mass is 10.0. The van der Waals surface area contributed by atoms with Crippen molar-refractivity contribution in [1.29, 1.82) is 0 Å². The van der Waals surface area contributed by atoms with Gasteiger partial charge in [-0.25, -0.2) is 0 Å². The number of anilines is 1. The predicted molar refractivity (Wildman–Crippen MR) is 81.0 cm³/mol. The zero-order valence-electron chi connectivity index (χ0n) is 12.4. The Morgan fingerprint density at radius 1 is 1.15 bits per heavy atom. The van der Waals surface area contributed by atoms with Crippen LogP contribution < -0.4 is 4.90 Å². The summed E-state index contributed by atoms with van der Waals surface area (Å²) in [4.78, 5) is 15.6. The first-order chi connectivity index (χ1) is 9.61. The second-order valence-electron chi connectivity index (χ2n) is 5.63. The normalized spacial score (nSPS) is 16.4. The maximum atomic E-state index is 11.5. The largest absolute Gasteiger partial charge is 0.387 e. The summed E-state index contributed by atoms with van der Waals surface area (Å²) in [5, 5.41) is 8.94. The SMILES string of the molecule is CC(C)c1ccc(N2CCCN(C(=O)CO)CC2)cc1. The van der Waals surface area contributed by atoms with Gasteiger partial charge in [0.2, 0.25) is 5.91 Å². The molecule has 4 nitrogen and oxygen atoms in total. The Labute approximate surface area is 121 Å². The summed E-state index contributed by atoms with van der Waals surface area (Å²) < 4.78 is 0. The summed E-state index contributed by atoms with van der Waals surface area (Å²) in [5.41, 5.74) is 2.56. The topological polar surface area (TPSA) is 43.8 Å². The molecule has 20 heavy (non-hydrogen) atoms. The molecular weight excluding hydrogens is 252 g/mol. The van der Waals surface area contributed by atoms with Gasteiger partial charge < -0.3 is 14.9 Å². The molecule has 0 saturated carbocycles. The Bertz CT molecular complexity index is 442. The summed E-state index contributed by atoms with van der Waals surface area (Å²) in [6.45, 7) is 7.20. The molecule has 0 aromatic heterocycles. The molecule has 1 fully saturated rings. The second-order valence-corrected chi connectivity index (χ2v) is 5.63. The van der Waals surface area contributed by atoms with Gasteiger partial charge in [0.05, 0.1) is 0 Å². The van der Waals surface area contributed by atoms with Crippen LogP contribution in [0.3, 0.4) is 0 Å². The Balaban J connectivity index is 2.01. The van der Waals surface area contributed by atoms with E-state index in [1.807, 2.05) is 0 Å². The summed E-state index contributed by atoms with van der Waals surface area (Å²) in [5.74, 6) is 0.382. The maximum Gasteiger partial charge on any atom is 0.248 e. The number of amides is 1. The molecule has 0 radical (unpaired) electrons. The fraction of sp³-hybridized carbons (Fsp3) is 0.562. The number of nitrogens with zero attached hydrogens (tertiary/aromatic N) is 2. The Morgan fingerprint density at radius 3 is 2.45 bits per heavy atom. The fourth-order valence-electron chi connectivity index (χ4n) is 2.60.